The molecule has 0 atom stereocenters. The summed E-state index contributed by atoms with van der Waals surface area (Å²) in [5, 5.41) is 0.943. The number of nitrogens with zero attached hydrogens (tertiary/aromatic N) is 3. The molecule has 0 bridgehead atoms. The molecule has 5 nitrogen and oxygen atoms in total. The van der Waals surface area contributed by atoms with Crippen LogP contribution in [0.25, 0.3) is 22.2 Å². The normalized spacial score (nSPS) is 14.9. The minimum Gasteiger partial charge on any atom is -0.430 e. The van der Waals surface area contributed by atoms with Crippen molar-refractivity contribution in [3.05, 3.63) is 33.5 Å². The summed E-state index contributed by atoms with van der Waals surface area (Å²) < 4.78 is 7.14. The van der Waals surface area contributed by atoms with Gasteiger partial charge in [0.25, 0.3) is 5.56 Å². The minimum absolute atomic E-state index is 0.157. The third kappa shape index (κ3) is 1.40. The van der Waals surface area contributed by atoms with E-state index in [1.807, 2.05) is 6.92 Å². The van der Waals surface area contributed by atoms with Gasteiger partial charge in [0.05, 0.1) is 11.7 Å². The van der Waals surface area contributed by atoms with Gasteiger partial charge in [-0.1, -0.05) is 0 Å². The van der Waals surface area contributed by atoms with Gasteiger partial charge in [-0.05, 0) is 43.7 Å². The van der Waals surface area contributed by atoms with Crippen LogP contribution >= 0.6 is 0 Å². The van der Waals surface area contributed by atoms with Crippen molar-refractivity contribution in [3.8, 4) is 0 Å². The molecule has 0 saturated carbocycles. The van der Waals surface area contributed by atoms with Crippen LogP contribution in [0.2, 0.25) is 0 Å². The van der Waals surface area contributed by atoms with Crippen LogP contribution in [0.3, 0.4) is 0 Å². The second kappa shape index (κ2) is 3.91. The van der Waals surface area contributed by atoms with E-state index in [1.54, 1.807) is 13.4 Å². The van der Waals surface area contributed by atoms with Gasteiger partial charge in [0.1, 0.15) is 5.52 Å². The van der Waals surface area contributed by atoms with E-state index < -0.39 is 0 Å². The predicted octanol–water partition coefficient (Wildman–Crippen LogP) is 2.26. The molecule has 3 aromatic rings. The van der Waals surface area contributed by atoms with Crippen molar-refractivity contribution in [2.45, 2.75) is 32.6 Å². The van der Waals surface area contributed by atoms with Crippen LogP contribution in [-0.2, 0) is 19.9 Å². The fourth-order valence-electron chi connectivity index (χ4n) is 3.19. The molecule has 1 aliphatic rings. The first-order valence-corrected chi connectivity index (χ1v) is 6.93. The molecule has 0 spiro atoms. The second-order valence-electron chi connectivity index (χ2n) is 5.48. The molecule has 3 heterocycles. The zero-order valence-electron chi connectivity index (χ0n) is 11.6. The molecule has 4 rings (SSSR count). The molecule has 0 aromatic carbocycles. The molecule has 0 saturated heterocycles. The average Bonchev–Trinajstić information content (AvgIpc) is 2.82. The van der Waals surface area contributed by atoms with Gasteiger partial charge in [-0.3, -0.25) is 9.36 Å². The van der Waals surface area contributed by atoms with Gasteiger partial charge in [-0.15, -0.1) is 0 Å². The fourth-order valence-corrected chi connectivity index (χ4v) is 3.19. The lowest BCUT2D eigenvalue weighted by atomic mass is 9.89. The van der Waals surface area contributed by atoms with Crippen molar-refractivity contribution in [3.63, 3.8) is 0 Å². The van der Waals surface area contributed by atoms with Gasteiger partial charge in [0.15, 0.2) is 0 Å². The van der Waals surface area contributed by atoms with Crippen molar-refractivity contribution >= 4 is 22.2 Å². The lowest BCUT2D eigenvalue weighted by Crippen LogP contribution is -2.15. The van der Waals surface area contributed by atoms with E-state index in [9.17, 15) is 4.79 Å². The Morgan fingerprint density at radius 3 is 2.80 bits per heavy atom. The summed E-state index contributed by atoms with van der Waals surface area (Å²) in [6, 6.07) is 0. The molecule has 0 amide bonds. The molecule has 0 aliphatic heterocycles. The van der Waals surface area contributed by atoms with Crippen LogP contribution < -0.4 is 5.56 Å². The van der Waals surface area contributed by atoms with E-state index in [0.717, 1.165) is 23.9 Å². The maximum atomic E-state index is 12.2. The lowest BCUT2D eigenvalue weighted by Gasteiger charge is -2.17. The van der Waals surface area contributed by atoms with Gasteiger partial charge in [-0.2, -0.15) is 0 Å². The Balaban J connectivity index is 2.24. The highest BCUT2D eigenvalue weighted by Gasteiger charge is 2.22. The number of pyridine rings is 1. The summed E-state index contributed by atoms with van der Waals surface area (Å²) >= 11 is 0. The molecule has 1 aliphatic carbocycles. The largest absolute Gasteiger partial charge is 0.430 e. The van der Waals surface area contributed by atoms with Crippen molar-refractivity contribution in [2.75, 3.05) is 0 Å². The summed E-state index contributed by atoms with van der Waals surface area (Å²) in [5.41, 5.74) is 4.98. The minimum atomic E-state index is -0.157. The first-order chi connectivity index (χ1) is 9.66. The number of hydrogen-bond acceptors (Lipinski definition) is 4. The summed E-state index contributed by atoms with van der Waals surface area (Å²) in [5.74, 6) is 0. The number of rotatable bonds is 0. The Morgan fingerprint density at radius 1 is 1.25 bits per heavy atom. The molecule has 3 aromatic heterocycles. The first kappa shape index (κ1) is 11.6. The van der Waals surface area contributed by atoms with Crippen LogP contribution in [0.1, 0.15) is 29.7 Å². The molecule has 5 heteroatoms. The van der Waals surface area contributed by atoms with Gasteiger partial charge in [0, 0.05) is 12.7 Å². The monoisotopic (exact) mass is 269 g/mol. The zero-order valence-corrected chi connectivity index (χ0v) is 11.6. The summed E-state index contributed by atoms with van der Waals surface area (Å²) in [6.07, 6.45) is 5.99. The summed E-state index contributed by atoms with van der Waals surface area (Å²) in [6.45, 7) is 2.02. The number of aromatic nitrogens is 3. The van der Waals surface area contributed by atoms with E-state index in [0.29, 0.717) is 16.8 Å². The van der Waals surface area contributed by atoms with Crippen LogP contribution in [0.15, 0.2) is 15.5 Å². The van der Waals surface area contributed by atoms with E-state index >= 15 is 0 Å². The van der Waals surface area contributed by atoms with Gasteiger partial charge in [-0.25, -0.2) is 9.97 Å². The Labute approximate surface area is 115 Å². The second-order valence-corrected chi connectivity index (χ2v) is 5.48. The number of furan rings is 1. The summed E-state index contributed by atoms with van der Waals surface area (Å²) in [7, 11) is 1.68. The van der Waals surface area contributed by atoms with Crippen molar-refractivity contribution < 1.29 is 4.42 Å². The third-order valence-corrected chi connectivity index (χ3v) is 4.21. The van der Waals surface area contributed by atoms with Crippen molar-refractivity contribution in [2.24, 2.45) is 7.05 Å². The zero-order chi connectivity index (χ0) is 13.9. The number of fused-ring (bicyclic) bond motifs is 5. The molecule has 20 heavy (non-hydrogen) atoms. The van der Waals surface area contributed by atoms with Crippen LogP contribution in [0.5, 0.6) is 0 Å². The molecular formula is C15H15N3O2. The highest BCUT2D eigenvalue weighted by molar-refractivity contribution is 6.03. The topological polar surface area (TPSA) is 60.9 Å². The SMILES string of the molecule is Cc1nc2oc3c(=O)n(C)cnc3c2c2c1CCCC2. The highest BCUT2D eigenvalue weighted by atomic mass is 16.3. The summed E-state index contributed by atoms with van der Waals surface area (Å²) in [4.78, 5) is 21.1. The Bertz CT molecular complexity index is 905. The van der Waals surface area contributed by atoms with E-state index in [1.165, 1.54) is 28.5 Å². The highest BCUT2D eigenvalue weighted by Crippen LogP contribution is 2.34. The Morgan fingerprint density at radius 2 is 2.00 bits per heavy atom. The third-order valence-electron chi connectivity index (χ3n) is 4.21. The predicted molar refractivity (Wildman–Crippen MR) is 75.9 cm³/mol. The standard InChI is InChI=1S/C15H15N3O2/c1-8-9-5-3-4-6-10(9)11-12-13(20-14(11)17-8)15(19)18(2)7-16-12/h7H,3-6H2,1-2H3. The first-order valence-electron chi connectivity index (χ1n) is 6.93. The van der Waals surface area contributed by atoms with E-state index in [-0.39, 0.29) is 5.56 Å². The smallest absolute Gasteiger partial charge is 0.296 e. The van der Waals surface area contributed by atoms with Gasteiger partial charge in [0.2, 0.25) is 11.3 Å². The van der Waals surface area contributed by atoms with Gasteiger partial charge >= 0.3 is 0 Å². The Hall–Kier alpha value is -2.17. The Kier molecular flexibility index (Phi) is 2.28. The van der Waals surface area contributed by atoms with Gasteiger partial charge < -0.3 is 4.42 Å². The maximum Gasteiger partial charge on any atom is 0.296 e. The average molecular weight is 269 g/mol. The van der Waals surface area contributed by atoms with Crippen LogP contribution in [0, 0.1) is 6.92 Å². The van der Waals surface area contributed by atoms with Crippen LogP contribution in [-0.4, -0.2) is 14.5 Å². The van der Waals surface area contributed by atoms with Crippen molar-refractivity contribution in [1.82, 2.24) is 14.5 Å². The van der Waals surface area contributed by atoms with Crippen molar-refractivity contribution in [1.29, 1.82) is 0 Å². The quantitative estimate of drug-likeness (QED) is 0.628. The molecule has 0 N–H and O–H groups in total. The van der Waals surface area contributed by atoms with Crippen LogP contribution in [0.4, 0.5) is 0 Å². The maximum absolute atomic E-state index is 12.2. The molecule has 0 fully saturated rings. The molecular weight excluding hydrogens is 254 g/mol. The van der Waals surface area contributed by atoms with E-state index in [2.05, 4.69) is 9.97 Å². The fraction of sp³-hybridized carbons (Fsp3) is 0.400. The number of aryl methyl sites for hydroxylation is 3. The van der Waals surface area contributed by atoms with E-state index in [4.69, 9.17) is 4.42 Å². The molecule has 0 unspecified atom stereocenters. The molecule has 102 valence electrons. The lowest BCUT2D eigenvalue weighted by molar-refractivity contribution is 0.631. The molecule has 0 radical (unpaired) electrons. The number of hydrogen-bond donors (Lipinski definition) is 0.